The molecule has 0 saturated heterocycles. The van der Waals surface area contributed by atoms with E-state index in [9.17, 15) is 19.7 Å². The highest BCUT2D eigenvalue weighted by Gasteiger charge is 2.17. The first kappa shape index (κ1) is 24.6. The Morgan fingerprint density at radius 2 is 1.62 bits per heavy atom. The number of nitrogens with zero attached hydrogens (tertiary/aromatic N) is 1. The number of amides is 2. The second-order valence-electron chi connectivity index (χ2n) is 7.10. The van der Waals surface area contributed by atoms with E-state index in [1.807, 2.05) is 0 Å². The topological polar surface area (TPSA) is 120 Å². The van der Waals surface area contributed by atoms with E-state index in [2.05, 4.69) is 10.6 Å². The van der Waals surface area contributed by atoms with Gasteiger partial charge < -0.3 is 20.1 Å². The first-order chi connectivity index (χ1) is 16.3. The Bertz CT molecular complexity index is 1180. The number of rotatable bonds is 9. The van der Waals surface area contributed by atoms with Gasteiger partial charge >= 0.3 is 0 Å². The van der Waals surface area contributed by atoms with E-state index >= 15 is 0 Å². The van der Waals surface area contributed by atoms with Gasteiger partial charge in [-0.2, -0.15) is 0 Å². The summed E-state index contributed by atoms with van der Waals surface area (Å²) in [6, 6.07) is 17.6. The molecule has 0 aliphatic heterocycles. The molecule has 0 heterocycles. The molecule has 0 saturated carbocycles. The molecule has 2 N–H and O–H groups in total. The van der Waals surface area contributed by atoms with Gasteiger partial charge in [-0.3, -0.25) is 19.7 Å². The number of carbonyl (C=O) groups excluding carboxylic acids is 2. The predicted octanol–water partition coefficient (Wildman–Crippen LogP) is 4.98. The lowest BCUT2D eigenvalue weighted by molar-refractivity contribution is -0.384. The van der Waals surface area contributed by atoms with Crippen LogP contribution in [0.5, 0.6) is 11.5 Å². The third kappa shape index (κ3) is 6.26. The summed E-state index contributed by atoms with van der Waals surface area (Å²) >= 11 is 1.36. The number of non-ortho nitro benzene ring substituents is 1. The van der Waals surface area contributed by atoms with E-state index in [1.165, 1.54) is 43.1 Å². The van der Waals surface area contributed by atoms with Crippen LogP contribution in [0.15, 0.2) is 71.6 Å². The van der Waals surface area contributed by atoms with Gasteiger partial charge in [-0.25, -0.2) is 0 Å². The van der Waals surface area contributed by atoms with Crippen LogP contribution in [0.1, 0.15) is 17.3 Å². The zero-order chi connectivity index (χ0) is 24.7. The molecule has 2 amide bonds. The molecule has 3 rings (SSSR count). The number of nitro groups is 1. The van der Waals surface area contributed by atoms with Gasteiger partial charge in [-0.15, -0.1) is 11.8 Å². The maximum atomic E-state index is 12.7. The van der Waals surface area contributed by atoms with Crippen LogP contribution < -0.4 is 20.1 Å². The molecule has 0 aliphatic rings. The second kappa shape index (κ2) is 11.2. The number of ether oxygens (including phenoxy) is 2. The fraction of sp³-hybridized carbons (Fsp3) is 0.167. The monoisotopic (exact) mass is 481 g/mol. The van der Waals surface area contributed by atoms with Gasteiger partial charge in [-0.05, 0) is 55.5 Å². The van der Waals surface area contributed by atoms with E-state index in [0.29, 0.717) is 28.4 Å². The Morgan fingerprint density at radius 3 is 2.21 bits per heavy atom. The Labute approximate surface area is 200 Å². The predicted molar refractivity (Wildman–Crippen MR) is 131 cm³/mol. The highest BCUT2D eigenvalue weighted by molar-refractivity contribution is 8.00. The van der Waals surface area contributed by atoms with Crippen molar-refractivity contribution in [1.82, 2.24) is 0 Å². The van der Waals surface area contributed by atoms with Crippen molar-refractivity contribution in [3.8, 4) is 11.5 Å². The normalized spacial score (nSPS) is 11.3. The number of methoxy groups -OCH3 is 2. The van der Waals surface area contributed by atoms with Crippen molar-refractivity contribution in [3.05, 3.63) is 82.4 Å². The fourth-order valence-corrected chi connectivity index (χ4v) is 3.83. The summed E-state index contributed by atoms with van der Waals surface area (Å²) in [6.45, 7) is 1.79. The van der Waals surface area contributed by atoms with Crippen LogP contribution in [-0.2, 0) is 4.79 Å². The van der Waals surface area contributed by atoms with E-state index < -0.39 is 10.2 Å². The molecule has 0 spiro atoms. The van der Waals surface area contributed by atoms with Crippen molar-refractivity contribution in [2.75, 3.05) is 24.9 Å². The second-order valence-corrected chi connectivity index (χ2v) is 8.51. The largest absolute Gasteiger partial charge is 0.497 e. The van der Waals surface area contributed by atoms with Crippen molar-refractivity contribution < 1.29 is 24.0 Å². The third-order valence-corrected chi connectivity index (χ3v) is 5.91. The maximum absolute atomic E-state index is 12.7. The fourth-order valence-electron chi connectivity index (χ4n) is 2.96. The number of hydrogen-bond donors (Lipinski definition) is 2. The van der Waals surface area contributed by atoms with Crippen LogP contribution in [-0.4, -0.2) is 36.2 Å². The first-order valence-corrected chi connectivity index (χ1v) is 11.0. The van der Waals surface area contributed by atoms with Crippen LogP contribution in [0.4, 0.5) is 17.1 Å². The van der Waals surface area contributed by atoms with Crippen molar-refractivity contribution in [2.24, 2.45) is 0 Å². The summed E-state index contributed by atoms with van der Waals surface area (Å²) in [5, 5.41) is 15.9. The average Bonchev–Trinajstić information content (AvgIpc) is 2.85. The summed E-state index contributed by atoms with van der Waals surface area (Å²) in [5.41, 5.74) is 1.30. The van der Waals surface area contributed by atoms with Gasteiger partial charge in [0, 0.05) is 34.3 Å². The number of thioether (sulfide) groups is 1. The average molecular weight is 482 g/mol. The summed E-state index contributed by atoms with van der Waals surface area (Å²) in [7, 11) is 3.07. The molecule has 1 unspecified atom stereocenters. The highest BCUT2D eigenvalue weighted by atomic mass is 32.2. The van der Waals surface area contributed by atoms with E-state index in [-0.39, 0.29) is 17.5 Å². The molecule has 0 radical (unpaired) electrons. The standard InChI is InChI=1S/C24H23N3O6S/c1-15(23(28)26-21-14-19(32-2)10-13-22(21)33-3)34-20-11-6-17(7-12-20)25-24(29)16-4-8-18(9-5-16)27(30)31/h4-15H,1-3H3,(H,25,29)(H,26,28). The molecular weight excluding hydrogens is 458 g/mol. The number of carbonyl (C=O) groups is 2. The Morgan fingerprint density at radius 1 is 0.941 bits per heavy atom. The lowest BCUT2D eigenvalue weighted by Gasteiger charge is -2.15. The molecule has 1 atom stereocenters. The molecule has 0 bridgehead atoms. The van der Waals surface area contributed by atoms with Crippen LogP contribution in [0, 0.1) is 10.1 Å². The minimum absolute atomic E-state index is 0.0825. The van der Waals surface area contributed by atoms with Crippen LogP contribution in [0.25, 0.3) is 0 Å². The highest BCUT2D eigenvalue weighted by Crippen LogP contribution is 2.31. The van der Waals surface area contributed by atoms with Crippen LogP contribution >= 0.6 is 11.8 Å². The van der Waals surface area contributed by atoms with Gasteiger partial charge in [-0.1, -0.05) is 0 Å². The van der Waals surface area contributed by atoms with E-state index in [0.717, 1.165) is 4.90 Å². The molecule has 0 aromatic heterocycles. The summed E-state index contributed by atoms with van der Waals surface area (Å²) in [4.78, 5) is 36.1. The molecule has 176 valence electrons. The molecular formula is C24H23N3O6S. The van der Waals surface area contributed by atoms with Crippen molar-refractivity contribution in [1.29, 1.82) is 0 Å². The summed E-state index contributed by atoms with van der Waals surface area (Å²) < 4.78 is 10.5. The van der Waals surface area contributed by atoms with Gasteiger partial charge in [0.2, 0.25) is 5.91 Å². The molecule has 0 fully saturated rings. The van der Waals surface area contributed by atoms with Crippen LogP contribution in [0.2, 0.25) is 0 Å². The smallest absolute Gasteiger partial charge is 0.269 e. The number of nitro benzene ring substituents is 1. The summed E-state index contributed by atoms with van der Waals surface area (Å²) in [6.07, 6.45) is 0. The van der Waals surface area contributed by atoms with Gasteiger partial charge in [0.15, 0.2) is 0 Å². The first-order valence-electron chi connectivity index (χ1n) is 10.2. The molecule has 0 aliphatic carbocycles. The number of anilines is 2. The molecule has 3 aromatic carbocycles. The van der Waals surface area contributed by atoms with Gasteiger partial charge in [0.05, 0.1) is 30.1 Å². The van der Waals surface area contributed by atoms with E-state index in [1.54, 1.807) is 56.5 Å². The number of nitrogens with one attached hydrogen (secondary N) is 2. The molecule has 3 aromatic rings. The lowest BCUT2D eigenvalue weighted by Crippen LogP contribution is -2.22. The lowest BCUT2D eigenvalue weighted by atomic mass is 10.2. The Balaban J connectivity index is 1.59. The van der Waals surface area contributed by atoms with Gasteiger partial charge in [0.1, 0.15) is 11.5 Å². The Hall–Kier alpha value is -4.05. The number of hydrogen-bond acceptors (Lipinski definition) is 7. The zero-order valence-corrected chi connectivity index (χ0v) is 19.5. The maximum Gasteiger partial charge on any atom is 0.269 e. The van der Waals surface area contributed by atoms with Crippen molar-refractivity contribution in [2.45, 2.75) is 17.1 Å². The SMILES string of the molecule is COc1ccc(OC)c(NC(=O)C(C)Sc2ccc(NC(=O)c3ccc([N+](=O)[O-])cc3)cc2)c1. The number of benzene rings is 3. The molecule has 10 heteroatoms. The minimum Gasteiger partial charge on any atom is -0.497 e. The quantitative estimate of drug-likeness (QED) is 0.251. The van der Waals surface area contributed by atoms with Crippen molar-refractivity contribution >= 4 is 40.6 Å². The molecule has 34 heavy (non-hydrogen) atoms. The van der Waals surface area contributed by atoms with Gasteiger partial charge in [0.25, 0.3) is 11.6 Å². The van der Waals surface area contributed by atoms with Crippen LogP contribution in [0.3, 0.4) is 0 Å². The zero-order valence-electron chi connectivity index (χ0n) is 18.7. The van der Waals surface area contributed by atoms with E-state index in [4.69, 9.17) is 9.47 Å². The van der Waals surface area contributed by atoms with Crippen molar-refractivity contribution in [3.63, 3.8) is 0 Å². The third-order valence-electron chi connectivity index (χ3n) is 4.80. The Kier molecular flexibility index (Phi) is 8.10. The minimum atomic E-state index is -0.521. The molecule has 9 nitrogen and oxygen atoms in total. The summed E-state index contributed by atoms with van der Waals surface area (Å²) in [5.74, 6) is 0.546.